The molecule has 0 bridgehead atoms. The molecule has 1 atom stereocenters. The minimum atomic E-state index is -0.0984. The molecular formula is C16H23ClN2O. The third-order valence-corrected chi connectivity index (χ3v) is 4.39. The zero-order valence-corrected chi connectivity index (χ0v) is 13.1. The summed E-state index contributed by atoms with van der Waals surface area (Å²) in [5.41, 5.74) is 0.731. The third-order valence-electron chi connectivity index (χ3n) is 4.14. The van der Waals surface area contributed by atoms with Gasteiger partial charge in [-0.15, -0.1) is 0 Å². The van der Waals surface area contributed by atoms with Gasteiger partial charge >= 0.3 is 0 Å². The minimum absolute atomic E-state index is 0.0984. The summed E-state index contributed by atoms with van der Waals surface area (Å²) in [6.45, 7) is 6.36. The van der Waals surface area contributed by atoms with Crippen LogP contribution >= 0.6 is 11.6 Å². The van der Waals surface area contributed by atoms with Crippen molar-refractivity contribution in [3.8, 4) is 0 Å². The Morgan fingerprint density at radius 1 is 1.30 bits per heavy atom. The number of Topliss-reactive ketones (excluding diaryl/α,β-unsaturated/α-hetero) is 1. The summed E-state index contributed by atoms with van der Waals surface area (Å²) in [7, 11) is 2.02. The number of halogens is 1. The van der Waals surface area contributed by atoms with E-state index in [2.05, 4.69) is 9.80 Å². The Morgan fingerprint density at radius 3 is 2.50 bits per heavy atom. The molecular weight excluding hydrogens is 272 g/mol. The molecule has 0 spiro atoms. The summed E-state index contributed by atoms with van der Waals surface area (Å²) in [4.78, 5) is 17.0. The molecule has 0 aliphatic carbocycles. The number of benzene rings is 1. The van der Waals surface area contributed by atoms with E-state index in [9.17, 15) is 4.79 Å². The molecule has 0 N–H and O–H groups in total. The highest BCUT2D eigenvalue weighted by Crippen LogP contribution is 2.13. The topological polar surface area (TPSA) is 23.6 Å². The largest absolute Gasteiger partial charge is 0.302 e. The molecule has 4 heteroatoms. The van der Waals surface area contributed by atoms with E-state index >= 15 is 0 Å². The van der Waals surface area contributed by atoms with Crippen molar-refractivity contribution in [1.29, 1.82) is 0 Å². The van der Waals surface area contributed by atoms with Crippen molar-refractivity contribution < 1.29 is 4.79 Å². The fraction of sp³-hybridized carbons (Fsp3) is 0.562. The van der Waals surface area contributed by atoms with Gasteiger partial charge in [-0.25, -0.2) is 0 Å². The SMILES string of the molecule is CC(C(=O)c1ccc(Cl)cc1)N(C)CCN1CCCC1. The Kier molecular flexibility index (Phi) is 5.58. The first-order valence-electron chi connectivity index (χ1n) is 7.30. The lowest BCUT2D eigenvalue weighted by Crippen LogP contribution is -2.40. The third kappa shape index (κ3) is 4.05. The number of likely N-dealkylation sites (N-methyl/N-ethyl adjacent to an activating group) is 1. The number of nitrogens with zero attached hydrogens (tertiary/aromatic N) is 2. The Bertz CT molecular complexity index is 440. The maximum atomic E-state index is 12.4. The first-order chi connectivity index (χ1) is 9.58. The van der Waals surface area contributed by atoms with Gasteiger partial charge in [-0.3, -0.25) is 9.69 Å². The molecule has 0 radical (unpaired) electrons. The summed E-state index contributed by atoms with van der Waals surface area (Å²) < 4.78 is 0. The van der Waals surface area contributed by atoms with Gasteiger partial charge in [0.05, 0.1) is 6.04 Å². The quantitative estimate of drug-likeness (QED) is 0.754. The first kappa shape index (κ1) is 15.5. The predicted molar refractivity (Wildman–Crippen MR) is 83.5 cm³/mol. The van der Waals surface area contributed by atoms with Gasteiger partial charge in [0, 0.05) is 23.7 Å². The van der Waals surface area contributed by atoms with Gasteiger partial charge in [0.2, 0.25) is 0 Å². The lowest BCUT2D eigenvalue weighted by Gasteiger charge is -2.26. The number of likely N-dealkylation sites (tertiary alicyclic amines) is 1. The molecule has 0 aromatic heterocycles. The molecule has 1 aromatic rings. The van der Waals surface area contributed by atoms with Gasteiger partial charge in [-0.2, -0.15) is 0 Å². The van der Waals surface area contributed by atoms with Gasteiger partial charge in [0.25, 0.3) is 0 Å². The number of ketones is 1. The van der Waals surface area contributed by atoms with Crippen LogP contribution in [0.5, 0.6) is 0 Å². The van der Waals surface area contributed by atoms with Gasteiger partial charge in [-0.05, 0) is 64.2 Å². The minimum Gasteiger partial charge on any atom is -0.302 e. The highest BCUT2D eigenvalue weighted by Gasteiger charge is 2.20. The van der Waals surface area contributed by atoms with Crippen molar-refractivity contribution in [2.75, 3.05) is 33.2 Å². The van der Waals surface area contributed by atoms with E-state index < -0.39 is 0 Å². The Hall–Kier alpha value is -0.900. The lowest BCUT2D eigenvalue weighted by atomic mass is 10.0. The van der Waals surface area contributed by atoms with E-state index in [1.165, 1.54) is 25.9 Å². The van der Waals surface area contributed by atoms with E-state index in [4.69, 9.17) is 11.6 Å². The second-order valence-electron chi connectivity index (χ2n) is 5.58. The zero-order chi connectivity index (χ0) is 14.5. The molecule has 1 saturated heterocycles. The van der Waals surface area contributed by atoms with Crippen LogP contribution in [0.25, 0.3) is 0 Å². The van der Waals surface area contributed by atoms with Crippen LogP contribution in [0.15, 0.2) is 24.3 Å². The monoisotopic (exact) mass is 294 g/mol. The van der Waals surface area contributed by atoms with Crippen LogP contribution in [-0.4, -0.2) is 54.9 Å². The molecule has 1 aliphatic heterocycles. The maximum Gasteiger partial charge on any atom is 0.179 e. The second-order valence-corrected chi connectivity index (χ2v) is 6.01. The van der Waals surface area contributed by atoms with Crippen molar-refractivity contribution in [2.24, 2.45) is 0 Å². The van der Waals surface area contributed by atoms with Crippen molar-refractivity contribution >= 4 is 17.4 Å². The molecule has 1 heterocycles. The van der Waals surface area contributed by atoms with Gasteiger partial charge in [0.15, 0.2) is 5.78 Å². The summed E-state index contributed by atoms with van der Waals surface area (Å²) in [5, 5.41) is 0.664. The van der Waals surface area contributed by atoms with Gasteiger partial charge < -0.3 is 4.90 Å². The van der Waals surface area contributed by atoms with Crippen LogP contribution in [0.4, 0.5) is 0 Å². The molecule has 1 unspecified atom stereocenters. The van der Waals surface area contributed by atoms with Gasteiger partial charge in [-0.1, -0.05) is 11.6 Å². The van der Waals surface area contributed by atoms with E-state index in [-0.39, 0.29) is 11.8 Å². The smallest absolute Gasteiger partial charge is 0.179 e. The Labute approximate surface area is 126 Å². The van der Waals surface area contributed by atoms with Crippen molar-refractivity contribution in [1.82, 2.24) is 9.80 Å². The van der Waals surface area contributed by atoms with Crippen LogP contribution in [0.3, 0.4) is 0 Å². The number of carbonyl (C=O) groups is 1. The lowest BCUT2D eigenvalue weighted by molar-refractivity contribution is 0.0859. The Balaban J connectivity index is 1.86. The fourth-order valence-corrected chi connectivity index (χ4v) is 2.68. The fourth-order valence-electron chi connectivity index (χ4n) is 2.55. The van der Waals surface area contributed by atoms with Crippen LogP contribution in [0, 0.1) is 0 Å². The standard InChI is InChI=1S/C16H23ClN2O/c1-13(16(20)14-5-7-15(17)8-6-14)18(2)11-12-19-9-3-4-10-19/h5-8,13H,3-4,9-12H2,1-2H3. The summed E-state index contributed by atoms with van der Waals surface area (Å²) >= 11 is 5.85. The van der Waals surface area contributed by atoms with Crippen molar-refractivity contribution in [3.63, 3.8) is 0 Å². The Morgan fingerprint density at radius 2 is 1.90 bits per heavy atom. The highest BCUT2D eigenvalue weighted by molar-refractivity contribution is 6.30. The normalized spacial score (nSPS) is 17.6. The average Bonchev–Trinajstić information content (AvgIpc) is 2.97. The van der Waals surface area contributed by atoms with Crippen LogP contribution in [0.1, 0.15) is 30.1 Å². The highest BCUT2D eigenvalue weighted by atomic mass is 35.5. The van der Waals surface area contributed by atoms with E-state index in [0.717, 1.165) is 18.7 Å². The molecule has 20 heavy (non-hydrogen) atoms. The van der Waals surface area contributed by atoms with E-state index in [1.54, 1.807) is 24.3 Å². The zero-order valence-electron chi connectivity index (χ0n) is 12.3. The molecule has 1 aliphatic rings. The van der Waals surface area contributed by atoms with Gasteiger partial charge in [0.1, 0.15) is 0 Å². The van der Waals surface area contributed by atoms with Crippen LogP contribution in [0.2, 0.25) is 5.02 Å². The van der Waals surface area contributed by atoms with E-state index in [0.29, 0.717) is 5.02 Å². The van der Waals surface area contributed by atoms with Crippen LogP contribution in [-0.2, 0) is 0 Å². The second kappa shape index (κ2) is 7.21. The molecule has 0 amide bonds. The number of rotatable bonds is 6. The summed E-state index contributed by atoms with van der Waals surface area (Å²) in [5.74, 6) is 0.158. The molecule has 1 fully saturated rings. The molecule has 1 aromatic carbocycles. The van der Waals surface area contributed by atoms with Crippen molar-refractivity contribution in [2.45, 2.75) is 25.8 Å². The predicted octanol–water partition coefficient (Wildman–Crippen LogP) is 2.94. The summed E-state index contributed by atoms with van der Waals surface area (Å²) in [6, 6.07) is 7.04. The van der Waals surface area contributed by atoms with Crippen molar-refractivity contribution in [3.05, 3.63) is 34.9 Å². The van der Waals surface area contributed by atoms with Crippen LogP contribution < -0.4 is 0 Å². The number of hydrogen-bond donors (Lipinski definition) is 0. The molecule has 110 valence electrons. The number of hydrogen-bond acceptors (Lipinski definition) is 3. The summed E-state index contributed by atoms with van der Waals surface area (Å²) in [6.07, 6.45) is 2.62. The first-order valence-corrected chi connectivity index (χ1v) is 7.68. The molecule has 0 saturated carbocycles. The molecule has 2 rings (SSSR count). The maximum absolute atomic E-state index is 12.4. The van der Waals surface area contributed by atoms with E-state index in [1.807, 2.05) is 14.0 Å². The molecule has 3 nitrogen and oxygen atoms in total. The average molecular weight is 295 g/mol. The number of carbonyl (C=O) groups excluding carboxylic acids is 1.